The van der Waals surface area contributed by atoms with Gasteiger partial charge in [0.1, 0.15) is 13.2 Å². The molecule has 0 aromatic rings. The Morgan fingerprint density at radius 2 is 1.41 bits per heavy atom. The Bertz CT molecular complexity index is 245. The quantitative estimate of drug-likeness (QED) is 0.473. The van der Waals surface area contributed by atoms with E-state index in [0.717, 1.165) is 17.4 Å². The van der Waals surface area contributed by atoms with Crippen LogP contribution in [-0.2, 0) is 19.1 Å². The van der Waals surface area contributed by atoms with Crippen LogP contribution in [0.25, 0.3) is 0 Å². The van der Waals surface area contributed by atoms with Gasteiger partial charge in [0.15, 0.2) is 0 Å². The summed E-state index contributed by atoms with van der Waals surface area (Å²) in [5.74, 6) is -0.678. The zero-order valence-corrected chi connectivity index (χ0v) is 11.3. The Morgan fingerprint density at radius 3 is 1.82 bits per heavy atom. The third-order valence-electron chi connectivity index (χ3n) is 2.03. The second-order valence-electron chi connectivity index (χ2n) is 4.95. The van der Waals surface area contributed by atoms with Gasteiger partial charge in [0.2, 0.25) is 0 Å². The van der Waals surface area contributed by atoms with Crippen molar-refractivity contribution < 1.29 is 23.5 Å². The minimum absolute atomic E-state index is 0.0969. The molecule has 0 atom stereocenters. The fourth-order valence-electron chi connectivity index (χ4n) is 0.998. The first kappa shape index (κ1) is 15.9. The van der Waals surface area contributed by atoms with E-state index in [0.29, 0.717) is 13.2 Å². The molecule has 0 spiro atoms. The fraction of sp³-hybridized carbons (Fsp3) is 0.833. The van der Waals surface area contributed by atoms with Gasteiger partial charge in [-0.15, -0.1) is 0 Å². The third kappa shape index (κ3) is 11.2. The summed E-state index contributed by atoms with van der Waals surface area (Å²) in [6, 6.07) is 0. The average Bonchev–Trinajstić information content (AvgIpc) is 2.21. The zero-order chi connectivity index (χ0) is 13.3. The predicted molar refractivity (Wildman–Crippen MR) is 64.3 cm³/mol. The van der Waals surface area contributed by atoms with Crippen LogP contribution in [0.2, 0.25) is 0 Å². The second-order valence-corrected chi connectivity index (χ2v) is 4.95. The molecule has 0 aromatic heterocycles. The number of hydrogen-bond acceptors (Lipinski definition) is 4. The highest BCUT2D eigenvalue weighted by molar-refractivity contribution is 5.77. The standard InChI is InChI=1S/C12H24NO4/c1-5-9-16-11(14)6-7-12(15)17-10-8-13(2,3)4/h5-10H2,1-4H3/q+1. The molecular weight excluding hydrogens is 222 g/mol. The molecule has 0 bridgehead atoms. The summed E-state index contributed by atoms with van der Waals surface area (Å²) in [7, 11) is 6.07. The molecule has 100 valence electrons. The number of likely N-dealkylation sites (N-methyl/N-ethyl adjacent to an activating group) is 1. The van der Waals surface area contributed by atoms with Crippen LogP contribution in [-0.4, -0.2) is 57.3 Å². The summed E-state index contributed by atoms with van der Waals surface area (Å²) in [6.07, 6.45) is 0.989. The number of hydrogen-bond donors (Lipinski definition) is 0. The minimum Gasteiger partial charge on any atom is -0.466 e. The largest absolute Gasteiger partial charge is 0.466 e. The van der Waals surface area contributed by atoms with Crippen molar-refractivity contribution in [1.82, 2.24) is 0 Å². The predicted octanol–water partition coefficient (Wildman–Crippen LogP) is 0.969. The van der Waals surface area contributed by atoms with E-state index in [1.807, 2.05) is 28.1 Å². The molecule has 0 aromatic carbocycles. The Hall–Kier alpha value is -1.10. The molecule has 0 unspecified atom stereocenters. The number of esters is 2. The highest BCUT2D eigenvalue weighted by atomic mass is 16.5. The maximum Gasteiger partial charge on any atom is 0.306 e. The van der Waals surface area contributed by atoms with Crippen LogP contribution >= 0.6 is 0 Å². The normalized spacial score (nSPS) is 11.1. The van der Waals surface area contributed by atoms with Gasteiger partial charge in [0.25, 0.3) is 0 Å². The van der Waals surface area contributed by atoms with E-state index in [9.17, 15) is 9.59 Å². The van der Waals surface area contributed by atoms with E-state index < -0.39 is 0 Å². The molecule has 17 heavy (non-hydrogen) atoms. The molecule has 0 N–H and O–H groups in total. The van der Waals surface area contributed by atoms with E-state index in [4.69, 9.17) is 9.47 Å². The van der Waals surface area contributed by atoms with Gasteiger partial charge in [-0.2, -0.15) is 0 Å². The van der Waals surface area contributed by atoms with Crippen LogP contribution < -0.4 is 0 Å². The summed E-state index contributed by atoms with van der Waals surface area (Å²) in [6.45, 7) is 3.47. The monoisotopic (exact) mass is 246 g/mol. The molecule has 0 fully saturated rings. The van der Waals surface area contributed by atoms with Crippen molar-refractivity contribution in [2.45, 2.75) is 26.2 Å². The molecule has 0 radical (unpaired) electrons. The van der Waals surface area contributed by atoms with Gasteiger partial charge in [0, 0.05) is 0 Å². The molecule has 0 amide bonds. The Kier molecular flexibility index (Phi) is 7.54. The van der Waals surface area contributed by atoms with Crippen molar-refractivity contribution >= 4 is 11.9 Å². The van der Waals surface area contributed by atoms with E-state index in [-0.39, 0.29) is 24.8 Å². The number of carbonyl (C=O) groups excluding carboxylic acids is 2. The van der Waals surface area contributed by atoms with Crippen molar-refractivity contribution in [2.24, 2.45) is 0 Å². The lowest BCUT2D eigenvalue weighted by molar-refractivity contribution is -0.870. The maximum atomic E-state index is 11.3. The summed E-state index contributed by atoms with van der Waals surface area (Å²) in [4.78, 5) is 22.4. The molecule has 0 aliphatic carbocycles. The van der Waals surface area contributed by atoms with Crippen molar-refractivity contribution in [3.05, 3.63) is 0 Å². The fourth-order valence-corrected chi connectivity index (χ4v) is 0.998. The van der Waals surface area contributed by atoms with Gasteiger partial charge in [-0.25, -0.2) is 0 Å². The number of ether oxygens (including phenoxy) is 2. The van der Waals surface area contributed by atoms with E-state index >= 15 is 0 Å². The molecule has 0 saturated carbocycles. The number of quaternary nitrogens is 1. The highest BCUT2D eigenvalue weighted by Crippen LogP contribution is 1.98. The summed E-state index contributed by atoms with van der Waals surface area (Å²) >= 11 is 0. The van der Waals surface area contributed by atoms with Gasteiger partial charge in [0.05, 0.1) is 40.6 Å². The zero-order valence-electron chi connectivity index (χ0n) is 11.3. The first-order valence-electron chi connectivity index (χ1n) is 5.97. The lowest BCUT2D eigenvalue weighted by atomic mass is 10.3. The minimum atomic E-state index is -0.341. The molecule has 0 heterocycles. The van der Waals surface area contributed by atoms with E-state index in [1.165, 1.54) is 0 Å². The lowest BCUT2D eigenvalue weighted by Gasteiger charge is -2.23. The molecule has 0 rings (SSSR count). The summed E-state index contributed by atoms with van der Waals surface area (Å²) in [5.41, 5.74) is 0. The smallest absolute Gasteiger partial charge is 0.306 e. The summed E-state index contributed by atoms with van der Waals surface area (Å²) < 4.78 is 10.6. The molecule has 0 saturated heterocycles. The molecule has 0 aliphatic heterocycles. The van der Waals surface area contributed by atoms with Crippen LogP contribution in [0.5, 0.6) is 0 Å². The maximum absolute atomic E-state index is 11.3. The van der Waals surface area contributed by atoms with Gasteiger partial charge < -0.3 is 14.0 Å². The Labute approximate surface area is 103 Å². The first-order chi connectivity index (χ1) is 7.85. The Balaban J connectivity index is 3.56. The average molecular weight is 246 g/mol. The highest BCUT2D eigenvalue weighted by Gasteiger charge is 2.11. The first-order valence-corrected chi connectivity index (χ1v) is 5.97. The summed E-state index contributed by atoms with van der Waals surface area (Å²) in [5, 5.41) is 0. The molecule has 0 aliphatic rings. The van der Waals surface area contributed by atoms with Crippen molar-refractivity contribution in [1.29, 1.82) is 0 Å². The topological polar surface area (TPSA) is 52.6 Å². The lowest BCUT2D eigenvalue weighted by Crippen LogP contribution is -2.38. The van der Waals surface area contributed by atoms with Crippen molar-refractivity contribution in [2.75, 3.05) is 40.9 Å². The van der Waals surface area contributed by atoms with Gasteiger partial charge in [-0.3, -0.25) is 9.59 Å². The van der Waals surface area contributed by atoms with Crippen LogP contribution in [0, 0.1) is 0 Å². The van der Waals surface area contributed by atoms with Gasteiger partial charge in [-0.05, 0) is 6.42 Å². The van der Waals surface area contributed by atoms with Crippen LogP contribution in [0.4, 0.5) is 0 Å². The number of rotatable bonds is 8. The van der Waals surface area contributed by atoms with Crippen LogP contribution in [0.1, 0.15) is 26.2 Å². The van der Waals surface area contributed by atoms with E-state index in [2.05, 4.69) is 0 Å². The van der Waals surface area contributed by atoms with Crippen molar-refractivity contribution in [3.63, 3.8) is 0 Å². The van der Waals surface area contributed by atoms with Crippen LogP contribution in [0.3, 0.4) is 0 Å². The van der Waals surface area contributed by atoms with Gasteiger partial charge in [-0.1, -0.05) is 6.92 Å². The SMILES string of the molecule is CCCOC(=O)CCC(=O)OCC[N+](C)(C)C. The Morgan fingerprint density at radius 1 is 0.941 bits per heavy atom. The third-order valence-corrected chi connectivity index (χ3v) is 2.03. The molecular formula is C12H24NO4+. The van der Waals surface area contributed by atoms with Crippen molar-refractivity contribution in [3.8, 4) is 0 Å². The van der Waals surface area contributed by atoms with Crippen LogP contribution in [0.15, 0.2) is 0 Å². The molecule has 5 heteroatoms. The number of nitrogens with zero attached hydrogens (tertiary/aromatic N) is 1. The second kappa shape index (κ2) is 8.06. The van der Waals surface area contributed by atoms with Gasteiger partial charge >= 0.3 is 11.9 Å². The molecule has 5 nitrogen and oxygen atoms in total. The number of carbonyl (C=O) groups is 2. The van der Waals surface area contributed by atoms with E-state index in [1.54, 1.807) is 0 Å².